The second-order valence-corrected chi connectivity index (χ2v) is 21.9. The number of aliphatic hydroxyl groups excluding tert-OH is 4. The summed E-state index contributed by atoms with van der Waals surface area (Å²) < 4.78 is 12.5. The van der Waals surface area contributed by atoms with Crippen LogP contribution in [0.15, 0.2) is 99.9 Å². The first-order chi connectivity index (χ1) is 32.8. The molecule has 2 unspecified atom stereocenters. The van der Waals surface area contributed by atoms with Crippen molar-refractivity contribution in [1.29, 1.82) is 0 Å². The maximum Gasteiger partial charge on any atom is 0.119 e. The van der Waals surface area contributed by atoms with Crippen LogP contribution in [0.1, 0.15) is 73.6 Å². The van der Waals surface area contributed by atoms with E-state index in [1.807, 2.05) is 66.5 Å². The van der Waals surface area contributed by atoms with E-state index in [4.69, 9.17) is 9.47 Å². The summed E-state index contributed by atoms with van der Waals surface area (Å²) in [5.74, 6) is 3.44. The molecule has 0 bridgehead atoms. The number of benzene rings is 2. The second-order valence-electron chi connectivity index (χ2n) is 18.4. The van der Waals surface area contributed by atoms with Crippen molar-refractivity contribution in [2.45, 2.75) is 98.9 Å². The van der Waals surface area contributed by atoms with Gasteiger partial charge >= 0.3 is 0 Å². The smallest absolute Gasteiger partial charge is 0.119 e. The number of fused-ring (bicyclic) bond motifs is 2. The predicted molar refractivity (Wildman–Crippen MR) is 273 cm³/mol. The Hall–Kier alpha value is -3.83. The number of ether oxygens (including phenoxy) is 2. The zero-order chi connectivity index (χ0) is 46.6. The Labute approximate surface area is 408 Å². The van der Waals surface area contributed by atoms with E-state index >= 15 is 0 Å². The maximum atomic E-state index is 13.1. The van der Waals surface area contributed by atoms with Gasteiger partial charge in [-0.15, -0.1) is 34.9 Å². The molecule has 6 heterocycles. The van der Waals surface area contributed by atoms with E-state index in [-0.39, 0.29) is 13.2 Å². The van der Waals surface area contributed by atoms with E-state index in [1.165, 1.54) is 4.21 Å². The number of nitrogens with zero attached hydrogens (tertiary/aromatic N) is 5. The molecule has 2 atom stereocenters. The number of aromatic nitrogens is 3. The topological polar surface area (TPSA) is 145 Å². The van der Waals surface area contributed by atoms with Gasteiger partial charge in [0.25, 0.3) is 0 Å². The number of piperidine rings is 2. The summed E-state index contributed by atoms with van der Waals surface area (Å²) >= 11 is 5.46. The normalized spacial score (nSPS) is 17.5. The fourth-order valence-electron chi connectivity index (χ4n) is 10.7. The number of hydrogen-bond acceptors (Lipinski definition) is 14. The molecule has 2 fully saturated rings. The van der Waals surface area contributed by atoms with Crippen LogP contribution in [0.5, 0.6) is 11.5 Å². The van der Waals surface area contributed by atoms with Gasteiger partial charge in [0.15, 0.2) is 0 Å². The van der Waals surface area contributed by atoms with E-state index in [9.17, 15) is 20.4 Å². The van der Waals surface area contributed by atoms with Crippen molar-refractivity contribution in [3.05, 3.63) is 113 Å². The van der Waals surface area contributed by atoms with Gasteiger partial charge in [-0.25, -0.2) is 4.98 Å². The number of aryl methyl sites for hydroxylation is 2. The lowest BCUT2D eigenvalue weighted by Crippen LogP contribution is -2.57. The molecule has 11 nitrogen and oxygen atoms in total. The minimum absolute atomic E-state index is 0.107. The van der Waals surface area contributed by atoms with Crippen molar-refractivity contribution in [3.8, 4) is 11.5 Å². The molecule has 4 N–H and O–H groups in total. The quantitative estimate of drug-likeness (QED) is 0.0454. The Bertz CT molecular complexity index is 2470. The molecule has 0 amide bonds. The number of rotatable bonds is 23. The molecule has 0 saturated carbocycles. The Balaban J connectivity index is 1.04. The Morgan fingerprint density at radius 2 is 1.18 bits per heavy atom. The van der Waals surface area contributed by atoms with Gasteiger partial charge in [-0.1, -0.05) is 12.1 Å². The van der Waals surface area contributed by atoms with Crippen LogP contribution in [0.2, 0.25) is 0 Å². The number of thiophene rings is 1. The number of aliphatic hydroxyl groups is 4. The molecule has 0 spiro atoms. The maximum absolute atomic E-state index is 13.1. The highest BCUT2D eigenvalue weighted by Crippen LogP contribution is 2.49. The Morgan fingerprint density at radius 1 is 0.657 bits per heavy atom. The van der Waals surface area contributed by atoms with E-state index in [0.29, 0.717) is 12.8 Å². The number of hydrogen-bond donors (Lipinski definition) is 4. The van der Waals surface area contributed by atoms with Crippen molar-refractivity contribution < 1.29 is 29.9 Å². The Morgan fingerprint density at radius 3 is 1.63 bits per heavy atom. The molecule has 2 saturated heterocycles. The van der Waals surface area contributed by atoms with Crippen LogP contribution in [0, 0.1) is 10.8 Å². The number of methoxy groups -OCH3 is 2. The molecule has 8 rings (SSSR count). The molecular formula is C53H67N5O6S3. The first kappa shape index (κ1) is 49.6. The number of thioether (sulfide) groups is 2. The van der Waals surface area contributed by atoms with Crippen LogP contribution >= 0.6 is 34.9 Å². The molecule has 14 heteroatoms. The monoisotopic (exact) mass is 965 g/mol. The average molecular weight is 966 g/mol. The van der Waals surface area contributed by atoms with Gasteiger partial charge in [0.05, 0.1) is 59.9 Å². The molecule has 67 heavy (non-hydrogen) atoms. The van der Waals surface area contributed by atoms with E-state index in [2.05, 4.69) is 48.3 Å². The minimum atomic E-state index is -0.927. The van der Waals surface area contributed by atoms with Gasteiger partial charge in [0, 0.05) is 64.8 Å². The van der Waals surface area contributed by atoms with Crippen LogP contribution in [0.3, 0.4) is 0 Å². The fourth-order valence-corrected chi connectivity index (χ4v) is 13.5. The molecular weight excluding hydrogens is 899 g/mol. The molecule has 0 aliphatic carbocycles. The van der Waals surface area contributed by atoms with Crippen molar-refractivity contribution in [3.63, 3.8) is 0 Å². The van der Waals surface area contributed by atoms with Crippen molar-refractivity contribution >= 4 is 56.7 Å². The second kappa shape index (κ2) is 23.7. The number of likely N-dealkylation sites (tertiary alicyclic amines) is 2. The highest BCUT2D eigenvalue weighted by Gasteiger charge is 2.51. The van der Waals surface area contributed by atoms with Gasteiger partial charge in [0.2, 0.25) is 0 Å². The van der Waals surface area contributed by atoms with E-state index in [1.54, 1.807) is 49.7 Å². The largest absolute Gasteiger partial charge is 0.497 e. The van der Waals surface area contributed by atoms with Crippen molar-refractivity contribution in [1.82, 2.24) is 24.8 Å². The third kappa shape index (κ3) is 12.0. The zero-order valence-corrected chi connectivity index (χ0v) is 41.5. The van der Waals surface area contributed by atoms with Gasteiger partial charge in [-0.2, -0.15) is 0 Å². The van der Waals surface area contributed by atoms with Crippen molar-refractivity contribution in [2.75, 3.05) is 65.0 Å². The third-order valence-electron chi connectivity index (χ3n) is 14.8. The molecule has 0 radical (unpaired) electrons. The van der Waals surface area contributed by atoms with Gasteiger partial charge < -0.3 is 39.7 Å². The van der Waals surface area contributed by atoms with Gasteiger partial charge in [0.1, 0.15) is 11.5 Å². The summed E-state index contributed by atoms with van der Waals surface area (Å²) in [5.41, 5.74) is 4.45. The summed E-state index contributed by atoms with van der Waals surface area (Å²) in [6.07, 6.45) is 11.2. The van der Waals surface area contributed by atoms with Gasteiger partial charge in [-0.05, 0) is 173 Å². The van der Waals surface area contributed by atoms with Crippen molar-refractivity contribution in [2.24, 2.45) is 10.8 Å². The summed E-state index contributed by atoms with van der Waals surface area (Å²) in [6.45, 7) is 5.10. The van der Waals surface area contributed by atoms with Crippen LogP contribution in [-0.4, -0.2) is 122 Å². The van der Waals surface area contributed by atoms with E-state index in [0.717, 1.165) is 163 Å². The van der Waals surface area contributed by atoms with E-state index < -0.39 is 23.0 Å². The first-order valence-corrected chi connectivity index (χ1v) is 26.7. The third-order valence-corrected chi connectivity index (χ3v) is 17.8. The summed E-state index contributed by atoms with van der Waals surface area (Å²) in [6, 6.07) is 22.1. The first-order valence-electron chi connectivity index (χ1n) is 23.9. The minimum Gasteiger partial charge on any atom is -0.497 e. The zero-order valence-electron chi connectivity index (χ0n) is 39.0. The lowest BCUT2D eigenvalue weighted by Gasteiger charge is -2.52. The summed E-state index contributed by atoms with van der Waals surface area (Å²) in [7, 11) is 3.33. The molecule has 2 aromatic carbocycles. The highest BCUT2D eigenvalue weighted by molar-refractivity contribution is 8.01. The highest BCUT2D eigenvalue weighted by atomic mass is 32.2. The molecule has 4 aromatic heterocycles. The van der Waals surface area contributed by atoms with Gasteiger partial charge in [-0.3, -0.25) is 9.97 Å². The molecule has 2 aliphatic heterocycles. The molecule has 2 aliphatic rings. The predicted octanol–water partition coefficient (Wildman–Crippen LogP) is 9.06. The number of pyridine rings is 3. The van der Waals surface area contributed by atoms with Crippen LogP contribution in [0.25, 0.3) is 21.8 Å². The standard InChI is InChI=1S/C53H67N5O6S3/c1-63-40-12-14-46-44(32-40)42(38(36-59)34-55-46)8-5-16-52(18-23-57(24-19-52)27-30-65-48-10-3-4-22-54-48)50(61)51(62)53(20-25-58(26-21-53)28-31-67-49-11-7-29-66-49)17-6-9-43-39(37-60)35-56-47-15-13-41(64-2)33-45(43)47/h3-4,7,10-15,22,29,32-35,50-51,59-62H,5-6,8-9,16-21,23-28,30-31,36-37H2,1-2H3. The van der Waals surface area contributed by atoms with Crippen LogP contribution in [-0.2, 0) is 26.1 Å². The molecule has 358 valence electrons. The average Bonchev–Trinajstić information content (AvgIpc) is 3.90. The summed E-state index contributed by atoms with van der Waals surface area (Å²) in [4.78, 5) is 18.8. The Kier molecular flexibility index (Phi) is 17.5. The lowest BCUT2D eigenvalue weighted by molar-refractivity contribution is -0.153. The van der Waals surface area contributed by atoms with Crippen LogP contribution < -0.4 is 9.47 Å². The van der Waals surface area contributed by atoms with Crippen LogP contribution in [0.4, 0.5) is 0 Å². The lowest BCUT2D eigenvalue weighted by atomic mass is 9.61. The molecule has 6 aromatic rings. The fraction of sp³-hybridized carbons (Fsp3) is 0.491. The SMILES string of the molecule is COc1ccc2ncc(CO)c(CCCC3(C(O)C(O)C4(CCCc5c(CO)cnc6ccc(OC)cc56)CCN(CCSc5cccs5)CC4)CCN(CCSc4ccccn4)CC3)c2c1. The summed E-state index contributed by atoms with van der Waals surface area (Å²) in [5, 5.41) is 52.2.